The molecule has 0 bridgehead atoms. The lowest BCUT2D eigenvalue weighted by molar-refractivity contribution is 0.0766. The van der Waals surface area contributed by atoms with Crippen LogP contribution in [0.15, 0.2) is 30.3 Å². The van der Waals surface area contributed by atoms with Gasteiger partial charge in [-0.1, -0.05) is 17.7 Å². The van der Waals surface area contributed by atoms with Crippen LogP contribution in [0.1, 0.15) is 29.9 Å². The Bertz CT molecular complexity index is 597. The van der Waals surface area contributed by atoms with Crippen LogP contribution in [0, 0.1) is 6.92 Å². The average molecular weight is 272 g/mol. The molecule has 0 fully saturated rings. The second-order valence-electron chi connectivity index (χ2n) is 4.68. The molecule has 5 heteroatoms. The van der Waals surface area contributed by atoms with Crippen LogP contribution >= 0.6 is 0 Å². The normalized spacial score (nSPS) is 10.6. The van der Waals surface area contributed by atoms with Gasteiger partial charge in [-0.3, -0.25) is 4.79 Å². The summed E-state index contributed by atoms with van der Waals surface area (Å²) in [5.74, 6) is 0.372. The lowest BCUT2D eigenvalue weighted by Crippen LogP contribution is -2.30. The van der Waals surface area contributed by atoms with Crippen molar-refractivity contribution >= 4 is 11.7 Å². The molecule has 2 aromatic rings. The number of rotatable bonds is 4. The fraction of sp³-hybridized carbons (Fsp3) is 0.333. The summed E-state index contributed by atoms with van der Waals surface area (Å²) in [6.45, 7) is 7.23. The first-order chi connectivity index (χ1) is 9.56. The number of carbonyl (C=O) groups is 1. The first-order valence-corrected chi connectivity index (χ1v) is 6.78. The molecule has 0 atom stereocenters. The first kappa shape index (κ1) is 14.1. The van der Waals surface area contributed by atoms with E-state index in [2.05, 4.69) is 5.10 Å². The van der Waals surface area contributed by atoms with E-state index in [-0.39, 0.29) is 5.91 Å². The third-order valence-electron chi connectivity index (χ3n) is 3.29. The molecule has 1 amide bonds. The molecule has 2 rings (SSSR count). The van der Waals surface area contributed by atoms with Gasteiger partial charge in [0.2, 0.25) is 0 Å². The highest BCUT2D eigenvalue weighted by atomic mass is 16.2. The zero-order valence-electron chi connectivity index (χ0n) is 12.1. The van der Waals surface area contributed by atoms with Crippen LogP contribution in [-0.4, -0.2) is 33.7 Å². The predicted molar refractivity (Wildman–Crippen MR) is 80.0 cm³/mol. The minimum absolute atomic E-state index is 0.0902. The van der Waals surface area contributed by atoms with Crippen LogP contribution in [0.5, 0.6) is 0 Å². The van der Waals surface area contributed by atoms with Crippen LogP contribution < -0.4 is 5.73 Å². The van der Waals surface area contributed by atoms with Crippen LogP contribution in [0.3, 0.4) is 0 Å². The molecule has 0 unspecified atom stereocenters. The summed E-state index contributed by atoms with van der Waals surface area (Å²) in [7, 11) is 0. The van der Waals surface area contributed by atoms with Crippen molar-refractivity contribution in [2.24, 2.45) is 0 Å². The van der Waals surface area contributed by atoms with Gasteiger partial charge in [0, 0.05) is 19.2 Å². The topological polar surface area (TPSA) is 64.2 Å². The quantitative estimate of drug-likeness (QED) is 0.928. The summed E-state index contributed by atoms with van der Waals surface area (Å²) in [4.78, 5) is 14.0. The number of hydrogen-bond acceptors (Lipinski definition) is 3. The molecule has 0 radical (unpaired) electrons. The van der Waals surface area contributed by atoms with Gasteiger partial charge < -0.3 is 10.6 Å². The van der Waals surface area contributed by atoms with Gasteiger partial charge >= 0.3 is 0 Å². The predicted octanol–water partition coefficient (Wildman–Crippen LogP) is 2.24. The second kappa shape index (κ2) is 5.77. The highest BCUT2D eigenvalue weighted by Gasteiger charge is 2.18. The maximum absolute atomic E-state index is 12.3. The van der Waals surface area contributed by atoms with Crippen LogP contribution in [-0.2, 0) is 0 Å². The van der Waals surface area contributed by atoms with Gasteiger partial charge in [-0.15, -0.1) is 0 Å². The van der Waals surface area contributed by atoms with Gasteiger partial charge in [0.05, 0.1) is 5.69 Å². The molecular formula is C15H20N4O. The number of nitrogens with two attached hydrogens (primary N) is 1. The Hall–Kier alpha value is -2.30. The van der Waals surface area contributed by atoms with Gasteiger partial charge in [-0.25, -0.2) is 4.68 Å². The highest BCUT2D eigenvalue weighted by molar-refractivity contribution is 5.93. The SMILES string of the molecule is CCN(CC)C(=O)c1cc(N)n(-c2ccc(C)cc2)n1. The molecule has 0 saturated carbocycles. The Morgan fingerprint density at radius 2 is 1.85 bits per heavy atom. The smallest absolute Gasteiger partial charge is 0.274 e. The van der Waals surface area contributed by atoms with Crippen molar-refractivity contribution in [1.82, 2.24) is 14.7 Å². The molecule has 2 N–H and O–H groups in total. The van der Waals surface area contributed by atoms with E-state index in [1.54, 1.807) is 15.6 Å². The summed E-state index contributed by atoms with van der Waals surface area (Å²) in [5.41, 5.74) is 8.36. The van der Waals surface area contributed by atoms with Gasteiger partial charge in [0.25, 0.3) is 5.91 Å². The summed E-state index contributed by atoms with van der Waals surface area (Å²) >= 11 is 0. The van der Waals surface area contributed by atoms with E-state index in [1.165, 1.54) is 5.56 Å². The number of nitrogens with zero attached hydrogens (tertiary/aromatic N) is 3. The zero-order valence-corrected chi connectivity index (χ0v) is 12.1. The molecule has 1 aromatic heterocycles. The average Bonchev–Trinajstić information content (AvgIpc) is 2.83. The third kappa shape index (κ3) is 2.66. The molecule has 0 aliphatic carbocycles. The van der Waals surface area contributed by atoms with Crippen LogP contribution in [0.4, 0.5) is 5.82 Å². The van der Waals surface area contributed by atoms with E-state index < -0.39 is 0 Å². The minimum atomic E-state index is -0.0902. The van der Waals surface area contributed by atoms with Crippen molar-refractivity contribution in [1.29, 1.82) is 0 Å². The Kier molecular flexibility index (Phi) is 4.08. The summed E-state index contributed by atoms with van der Waals surface area (Å²) in [6, 6.07) is 9.47. The standard InChI is InChI=1S/C15H20N4O/c1-4-18(5-2)15(20)13-10-14(16)19(17-13)12-8-6-11(3)7-9-12/h6-10H,4-5,16H2,1-3H3. The van der Waals surface area contributed by atoms with E-state index in [0.717, 1.165) is 5.69 Å². The molecule has 106 valence electrons. The lowest BCUT2D eigenvalue weighted by Gasteiger charge is -2.16. The molecule has 0 aliphatic rings. The van der Waals surface area contributed by atoms with Crippen LogP contribution in [0.25, 0.3) is 5.69 Å². The van der Waals surface area contributed by atoms with E-state index in [4.69, 9.17) is 5.73 Å². The van der Waals surface area contributed by atoms with Crippen molar-refractivity contribution in [2.75, 3.05) is 18.8 Å². The molecular weight excluding hydrogens is 252 g/mol. The summed E-state index contributed by atoms with van der Waals surface area (Å²) in [6.07, 6.45) is 0. The highest BCUT2D eigenvalue weighted by Crippen LogP contribution is 2.16. The molecule has 0 spiro atoms. The Balaban J connectivity index is 2.34. The fourth-order valence-corrected chi connectivity index (χ4v) is 2.07. The first-order valence-electron chi connectivity index (χ1n) is 6.78. The maximum Gasteiger partial charge on any atom is 0.274 e. The number of hydrogen-bond donors (Lipinski definition) is 1. The monoisotopic (exact) mass is 272 g/mol. The number of amides is 1. The Morgan fingerprint density at radius 1 is 1.25 bits per heavy atom. The molecule has 0 saturated heterocycles. The van der Waals surface area contributed by atoms with E-state index in [9.17, 15) is 4.79 Å². The molecule has 20 heavy (non-hydrogen) atoms. The fourth-order valence-electron chi connectivity index (χ4n) is 2.07. The van der Waals surface area contributed by atoms with Gasteiger partial charge in [0.1, 0.15) is 5.82 Å². The van der Waals surface area contributed by atoms with Crippen LogP contribution in [0.2, 0.25) is 0 Å². The number of aromatic nitrogens is 2. The Labute approximate surface area is 119 Å². The van der Waals surface area contributed by atoms with Crippen molar-refractivity contribution < 1.29 is 4.79 Å². The third-order valence-corrected chi connectivity index (χ3v) is 3.29. The largest absolute Gasteiger partial charge is 0.384 e. The molecule has 1 aromatic carbocycles. The summed E-state index contributed by atoms with van der Waals surface area (Å²) in [5, 5.41) is 4.33. The number of benzene rings is 1. The molecule has 0 aliphatic heterocycles. The number of carbonyl (C=O) groups excluding carboxylic acids is 1. The number of nitrogen functional groups attached to an aromatic ring is 1. The number of anilines is 1. The van der Waals surface area contributed by atoms with Crippen molar-refractivity contribution in [3.05, 3.63) is 41.6 Å². The van der Waals surface area contributed by atoms with E-state index in [1.807, 2.05) is 45.0 Å². The maximum atomic E-state index is 12.3. The van der Waals surface area contributed by atoms with Crippen molar-refractivity contribution in [3.63, 3.8) is 0 Å². The van der Waals surface area contributed by atoms with Gasteiger partial charge in [-0.2, -0.15) is 5.10 Å². The lowest BCUT2D eigenvalue weighted by atomic mass is 10.2. The molecule has 1 heterocycles. The number of aryl methyl sites for hydroxylation is 1. The van der Waals surface area contributed by atoms with E-state index >= 15 is 0 Å². The summed E-state index contributed by atoms with van der Waals surface area (Å²) < 4.78 is 1.59. The zero-order chi connectivity index (χ0) is 14.7. The minimum Gasteiger partial charge on any atom is -0.384 e. The van der Waals surface area contributed by atoms with E-state index in [0.29, 0.717) is 24.6 Å². The Morgan fingerprint density at radius 3 is 2.40 bits per heavy atom. The van der Waals surface area contributed by atoms with Crippen molar-refractivity contribution in [3.8, 4) is 5.69 Å². The van der Waals surface area contributed by atoms with Gasteiger partial charge in [0.15, 0.2) is 5.69 Å². The molecule has 5 nitrogen and oxygen atoms in total. The van der Waals surface area contributed by atoms with Crippen molar-refractivity contribution in [2.45, 2.75) is 20.8 Å². The second-order valence-corrected chi connectivity index (χ2v) is 4.68. The van der Waals surface area contributed by atoms with Gasteiger partial charge in [-0.05, 0) is 32.9 Å².